The minimum absolute atomic E-state index is 0.0232. The molecular weight excluding hydrogens is 438 g/mol. The zero-order chi connectivity index (χ0) is 21.1. The van der Waals surface area contributed by atoms with E-state index in [1.54, 1.807) is 36.4 Å². The second-order valence-electron chi connectivity index (χ2n) is 6.52. The van der Waals surface area contributed by atoms with Gasteiger partial charge in [-0.2, -0.15) is 0 Å². The normalized spacial score (nSPS) is 10.8. The molecule has 0 atom stereocenters. The molecule has 29 heavy (non-hydrogen) atoms. The Hall–Kier alpha value is -2.27. The number of benzene rings is 3. The number of hydrogen-bond donors (Lipinski definition) is 1. The lowest BCUT2D eigenvalue weighted by Crippen LogP contribution is -2.04. The Kier molecular flexibility index (Phi) is 6.68. The lowest BCUT2D eigenvalue weighted by molar-refractivity contribution is -0.113. The number of aryl methyl sites for hydroxylation is 1. The summed E-state index contributed by atoms with van der Waals surface area (Å²) >= 11 is 18.0. The molecule has 150 valence electrons. The first-order valence-corrected chi connectivity index (χ1v) is 9.75. The van der Waals surface area contributed by atoms with Gasteiger partial charge in [-0.05, 0) is 66.0 Å². The highest BCUT2D eigenvalue weighted by atomic mass is 35.5. The van der Waals surface area contributed by atoms with E-state index in [4.69, 9.17) is 39.5 Å². The molecule has 0 aromatic heterocycles. The summed E-state index contributed by atoms with van der Waals surface area (Å²) in [6, 6.07) is 12.7. The van der Waals surface area contributed by atoms with Gasteiger partial charge in [0.1, 0.15) is 17.3 Å². The molecule has 0 amide bonds. The molecule has 0 aliphatic rings. The van der Waals surface area contributed by atoms with Crippen LogP contribution in [0.15, 0.2) is 48.5 Å². The lowest BCUT2D eigenvalue weighted by atomic mass is 9.97. The molecule has 0 radical (unpaired) electrons. The third-order valence-electron chi connectivity index (χ3n) is 4.32. The number of carbonyl (C=O) groups is 1. The Morgan fingerprint density at radius 1 is 1.03 bits per heavy atom. The largest absolute Gasteiger partial charge is 0.507 e. The van der Waals surface area contributed by atoms with E-state index in [-0.39, 0.29) is 12.4 Å². The number of rotatable bonds is 6. The minimum atomic E-state index is -0.638. The standard InChI is InChI=1S/C22H16Cl3FO3/c1-12-2-4-20(26)15(6-12)16-7-13(3-5-21(16)27)8-17-18(23)9-14(10-19(17)24)29-11-22(25)28/h2-7,9-10,27H,8,11H2,1H3. The summed E-state index contributed by atoms with van der Waals surface area (Å²) in [5.74, 6) is -0.120. The van der Waals surface area contributed by atoms with Crippen molar-refractivity contribution < 1.29 is 19.0 Å². The maximum atomic E-state index is 14.3. The number of ether oxygens (including phenoxy) is 1. The minimum Gasteiger partial charge on any atom is -0.507 e. The van der Waals surface area contributed by atoms with Crippen LogP contribution in [-0.2, 0) is 11.2 Å². The van der Waals surface area contributed by atoms with Crippen molar-refractivity contribution in [3.63, 3.8) is 0 Å². The fourth-order valence-corrected chi connectivity index (χ4v) is 3.59. The van der Waals surface area contributed by atoms with Crippen molar-refractivity contribution in [1.29, 1.82) is 0 Å². The van der Waals surface area contributed by atoms with Gasteiger partial charge in [0.05, 0.1) is 0 Å². The van der Waals surface area contributed by atoms with Gasteiger partial charge in [-0.15, -0.1) is 0 Å². The zero-order valence-electron chi connectivity index (χ0n) is 15.3. The van der Waals surface area contributed by atoms with Crippen LogP contribution in [0.5, 0.6) is 11.5 Å². The summed E-state index contributed by atoms with van der Waals surface area (Å²) in [6.07, 6.45) is 0.354. The maximum absolute atomic E-state index is 14.3. The summed E-state index contributed by atoms with van der Waals surface area (Å²) in [7, 11) is 0. The molecule has 3 rings (SSSR count). The molecule has 0 heterocycles. The Bertz CT molecular complexity index is 1060. The molecule has 0 aliphatic carbocycles. The van der Waals surface area contributed by atoms with Gasteiger partial charge in [-0.25, -0.2) is 4.39 Å². The van der Waals surface area contributed by atoms with Crippen LogP contribution in [0.25, 0.3) is 11.1 Å². The summed E-state index contributed by atoms with van der Waals surface area (Å²) in [6.45, 7) is 1.56. The SMILES string of the molecule is Cc1ccc(F)c(-c2cc(Cc3c(Cl)cc(OCC(=O)Cl)cc3Cl)ccc2O)c1. The van der Waals surface area contributed by atoms with E-state index < -0.39 is 11.1 Å². The van der Waals surface area contributed by atoms with Gasteiger partial charge < -0.3 is 9.84 Å². The van der Waals surface area contributed by atoms with Gasteiger partial charge in [0.15, 0.2) is 6.61 Å². The molecule has 3 aromatic rings. The van der Waals surface area contributed by atoms with Gasteiger partial charge in [-0.3, -0.25) is 4.79 Å². The van der Waals surface area contributed by atoms with Crippen molar-refractivity contribution in [2.45, 2.75) is 13.3 Å². The van der Waals surface area contributed by atoms with E-state index in [0.717, 1.165) is 11.1 Å². The van der Waals surface area contributed by atoms with Gasteiger partial charge >= 0.3 is 0 Å². The fraction of sp³-hybridized carbons (Fsp3) is 0.136. The van der Waals surface area contributed by atoms with Gasteiger partial charge in [0.25, 0.3) is 5.24 Å². The van der Waals surface area contributed by atoms with Crippen LogP contribution in [0.3, 0.4) is 0 Å². The predicted octanol–water partition coefficient (Wildman–Crippen LogP) is 6.55. The first-order valence-electron chi connectivity index (χ1n) is 8.62. The van der Waals surface area contributed by atoms with Crippen LogP contribution in [0, 0.1) is 12.7 Å². The molecule has 0 unspecified atom stereocenters. The van der Waals surface area contributed by atoms with Crippen molar-refractivity contribution in [3.8, 4) is 22.6 Å². The van der Waals surface area contributed by atoms with E-state index in [1.807, 2.05) is 6.92 Å². The molecule has 3 nitrogen and oxygen atoms in total. The average molecular weight is 454 g/mol. The third kappa shape index (κ3) is 5.21. The van der Waals surface area contributed by atoms with Gasteiger partial charge in [0.2, 0.25) is 0 Å². The molecule has 1 N–H and O–H groups in total. The molecule has 0 saturated heterocycles. The number of hydrogen-bond acceptors (Lipinski definition) is 3. The number of phenolic OH excluding ortho intramolecular Hbond substituents is 1. The van der Waals surface area contributed by atoms with Crippen molar-refractivity contribution in [3.05, 3.63) is 81.1 Å². The summed E-state index contributed by atoms with van der Waals surface area (Å²) in [4.78, 5) is 10.8. The number of carbonyl (C=O) groups excluding carboxylic acids is 1. The molecule has 3 aromatic carbocycles. The second-order valence-corrected chi connectivity index (χ2v) is 7.76. The monoisotopic (exact) mass is 452 g/mol. The smallest absolute Gasteiger partial charge is 0.259 e. The zero-order valence-corrected chi connectivity index (χ0v) is 17.6. The number of halogens is 4. The molecule has 0 fully saturated rings. The van der Waals surface area contributed by atoms with Gasteiger partial charge in [-0.1, -0.05) is 40.9 Å². The summed E-state index contributed by atoms with van der Waals surface area (Å²) in [5.41, 5.74) is 3.00. The quantitative estimate of drug-likeness (QED) is 0.431. The first-order chi connectivity index (χ1) is 13.7. The third-order valence-corrected chi connectivity index (χ3v) is 5.10. The van der Waals surface area contributed by atoms with Crippen molar-refractivity contribution >= 4 is 40.0 Å². The molecule has 7 heteroatoms. The summed E-state index contributed by atoms with van der Waals surface area (Å²) in [5, 5.41) is 10.3. The summed E-state index contributed by atoms with van der Waals surface area (Å²) < 4.78 is 19.5. The van der Waals surface area contributed by atoms with E-state index in [0.29, 0.717) is 38.9 Å². The van der Waals surface area contributed by atoms with Crippen molar-refractivity contribution in [2.24, 2.45) is 0 Å². The Morgan fingerprint density at radius 2 is 1.72 bits per heavy atom. The fourth-order valence-electron chi connectivity index (χ4n) is 2.93. The predicted molar refractivity (Wildman–Crippen MR) is 114 cm³/mol. The van der Waals surface area contributed by atoms with E-state index in [9.17, 15) is 14.3 Å². The van der Waals surface area contributed by atoms with Crippen LogP contribution in [-0.4, -0.2) is 17.0 Å². The van der Waals surface area contributed by atoms with Crippen LogP contribution in [0.2, 0.25) is 10.0 Å². The van der Waals surface area contributed by atoms with Crippen LogP contribution < -0.4 is 4.74 Å². The molecule has 0 aliphatic heterocycles. The van der Waals surface area contributed by atoms with Crippen LogP contribution in [0.4, 0.5) is 4.39 Å². The molecule has 0 saturated carbocycles. The molecule has 0 spiro atoms. The average Bonchev–Trinajstić information content (AvgIpc) is 2.66. The molecule has 0 bridgehead atoms. The second kappa shape index (κ2) is 9.04. The van der Waals surface area contributed by atoms with E-state index in [1.165, 1.54) is 12.1 Å². The Labute approximate surface area is 182 Å². The topological polar surface area (TPSA) is 46.5 Å². The van der Waals surface area contributed by atoms with Gasteiger partial charge in [0, 0.05) is 27.6 Å². The Balaban J connectivity index is 1.93. The number of aromatic hydroxyl groups is 1. The highest BCUT2D eigenvalue weighted by Gasteiger charge is 2.14. The number of phenols is 1. The highest BCUT2D eigenvalue weighted by molar-refractivity contribution is 6.63. The first kappa shape index (κ1) is 21.4. The maximum Gasteiger partial charge on any atom is 0.259 e. The Morgan fingerprint density at radius 3 is 2.38 bits per heavy atom. The van der Waals surface area contributed by atoms with E-state index >= 15 is 0 Å². The molecular formula is C22H16Cl3FO3. The lowest BCUT2D eigenvalue weighted by Gasteiger charge is -2.13. The van der Waals surface area contributed by atoms with Crippen LogP contribution in [0.1, 0.15) is 16.7 Å². The van der Waals surface area contributed by atoms with Crippen molar-refractivity contribution in [1.82, 2.24) is 0 Å². The van der Waals surface area contributed by atoms with E-state index in [2.05, 4.69) is 0 Å². The highest BCUT2D eigenvalue weighted by Crippen LogP contribution is 2.36. The van der Waals surface area contributed by atoms with Crippen molar-refractivity contribution in [2.75, 3.05) is 6.61 Å². The van der Waals surface area contributed by atoms with Crippen LogP contribution >= 0.6 is 34.8 Å².